The Balaban J connectivity index is 1.62. The second-order valence-corrected chi connectivity index (χ2v) is 11.2. The maximum absolute atomic E-state index is 13.1. The van der Waals surface area contributed by atoms with Gasteiger partial charge in [-0.25, -0.2) is 13.2 Å². The molecule has 1 aliphatic heterocycles. The Bertz CT molecular complexity index is 1400. The number of nitrogens with zero attached hydrogens (tertiary/aromatic N) is 3. The van der Waals surface area contributed by atoms with Gasteiger partial charge >= 0.3 is 5.97 Å². The molecule has 0 spiro atoms. The lowest BCUT2D eigenvalue weighted by Gasteiger charge is -2.30. The van der Waals surface area contributed by atoms with E-state index in [1.807, 2.05) is 24.5 Å². The molecule has 3 aromatic rings. The lowest BCUT2D eigenvalue weighted by molar-refractivity contribution is -0.122. The number of aromatic nitrogens is 1. The van der Waals surface area contributed by atoms with Crippen molar-refractivity contribution >= 4 is 43.5 Å². The van der Waals surface area contributed by atoms with Gasteiger partial charge in [0.1, 0.15) is 0 Å². The number of carbonyl (C=O) groups is 2. The highest BCUT2D eigenvalue weighted by Crippen LogP contribution is 2.25. The van der Waals surface area contributed by atoms with Gasteiger partial charge in [0.05, 0.1) is 33.7 Å². The minimum absolute atomic E-state index is 0.113. The second-order valence-electron chi connectivity index (χ2n) is 8.27. The molecule has 2 aromatic carbocycles. The van der Waals surface area contributed by atoms with Crippen molar-refractivity contribution in [2.75, 3.05) is 20.2 Å². The Morgan fingerprint density at radius 1 is 1.18 bits per heavy atom. The van der Waals surface area contributed by atoms with Crippen LogP contribution in [-0.4, -0.2) is 49.4 Å². The molecule has 1 amide bonds. The number of ether oxygens (including phenoxy) is 1. The van der Waals surface area contributed by atoms with E-state index in [1.54, 1.807) is 36.4 Å². The molecule has 1 saturated heterocycles. The molecule has 1 aliphatic rings. The monoisotopic (exact) mass is 501 g/mol. The summed E-state index contributed by atoms with van der Waals surface area (Å²) >= 11 is 1.32. The number of hydrogen-bond donors (Lipinski definition) is 0. The van der Waals surface area contributed by atoms with Crippen molar-refractivity contribution in [2.24, 2.45) is 10.9 Å². The quantitative estimate of drug-likeness (QED) is 0.500. The summed E-state index contributed by atoms with van der Waals surface area (Å²) in [4.78, 5) is 30.2. The van der Waals surface area contributed by atoms with Crippen LogP contribution in [0.1, 0.15) is 35.7 Å². The molecule has 1 atom stereocenters. The third-order valence-electron chi connectivity index (χ3n) is 6.02. The van der Waals surface area contributed by atoms with Crippen LogP contribution >= 0.6 is 11.3 Å². The first-order valence-corrected chi connectivity index (χ1v) is 13.4. The summed E-state index contributed by atoms with van der Waals surface area (Å²) < 4.78 is 35.1. The molecular formula is C24H27N3O5S2. The highest BCUT2D eigenvalue weighted by Gasteiger charge is 2.33. The number of methoxy groups -OCH3 is 1. The molecule has 10 heteroatoms. The second kappa shape index (κ2) is 9.81. The molecular weight excluding hydrogens is 474 g/mol. The molecule has 0 saturated carbocycles. The van der Waals surface area contributed by atoms with Crippen molar-refractivity contribution in [3.05, 3.63) is 58.4 Å². The van der Waals surface area contributed by atoms with E-state index in [0.717, 1.165) is 15.8 Å². The lowest BCUT2D eigenvalue weighted by atomic mass is 9.99. The summed E-state index contributed by atoms with van der Waals surface area (Å²) in [7, 11) is -2.34. The highest BCUT2D eigenvalue weighted by atomic mass is 32.2. The molecule has 2 heterocycles. The minimum atomic E-state index is -3.67. The molecule has 1 unspecified atom stereocenters. The van der Waals surface area contributed by atoms with E-state index in [2.05, 4.69) is 4.99 Å². The standard InChI is InChI=1S/C24H27N3O5S2/c1-4-27-20-12-9-17(23(29)32-3)14-21(20)33-24(27)25-22(28)18-6-5-13-26(15-18)34(30,31)19-10-7-16(2)8-11-19/h7-12,14,18H,4-6,13,15H2,1-3H3. The average molecular weight is 502 g/mol. The van der Waals surface area contributed by atoms with Crippen LogP contribution in [0, 0.1) is 12.8 Å². The van der Waals surface area contributed by atoms with Gasteiger partial charge in [-0.1, -0.05) is 29.0 Å². The van der Waals surface area contributed by atoms with Gasteiger partial charge in [0.2, 0.25) is 10.0 Å². The lowest BCUT2D eigenvalue weighted by Crippen LogP contribution is -2.42. The first kappa shape index (κ1) is 24.3. The summed E-state index contributed by atoms with van der Waals surface area (Å²) in [5, 5.41) is 0. The molecule has 180 valence electrons. The highest BCUT2D eigenvalue weighted by molar-refractivity contribution is 7.89. The third-order valence-corrected chi connectivity index (χ3v) is 8.94. The van der Waals surface area contributed by atoms with E-state index < -0.39 is 21.9 Å². The van der Waals surface area contributed by atoms with Gasteiger partial charge in [0.15, 0.2) is 4.80 Å². The van der Waals surface area contributed by atoms with Crippen LogP contribution in [0.4, 0.5) is 0 Å². The van der Waals surface area contributed by atoms with Gasteiger partial charge < -0.3 is 9.30 Å². The smallest absolute Gasteiger partial charge is 0.337 e. The number of fused-ring (bicyclic) bond motifs is 1. The number of hydrogen-bond acceptors (Lipinski definition) is 6. The predicted octanol–water partition coefficient (Wildman–Crippen LogP) is 3.35. The molecule has 0 aliphatic carbocycles. The minimum Gasteiger partial charge on any atom is -0.465 e. The van der Waals surface area contributed by atoms with Crippen LogP contribution in [0.15, 0.2) is 52.4 Å². The maximum atomic E-state index is 13.1. The first-order valence-electron chi connectivity index (χ1n) is 11.1. The zero-order valence-electron chi connectivity index (χ0n) is 19.4. The summed E-state index contributed by atoms with van der Waals surface area (Å²) in [6.07, 6.45) is 1.19. The number of rotatable bonds is 5. The van der Waals surface area contributed by atoms with Crippen LogP contribution in [0.2, 0.25) is 0 Å². The Hall–Kier alpha value is -2.82. The van der Waals surface area contributed by atoms with Crippen molar-refractivity contribution in [3.8, 4) is 0 Å². The van der Waals surface area contributed by atoms with Gasteiger partial charge in [0.25, 0.3) is 5.91 Å². The van der Waals surface area contributed by atoms with Crippen LogP contribution in [0.3, 0.4) is 0 Å². The predicted molar refractivity (Wildman–Crippen MR) is 130 cm³/mol. The molecule has 8 nitrogen and oxygen atoms in total. The van der Waals surface area contributed by atoms with Crippen molar-refractivity contribution in [1.82, 2.24) is 8.87 Å². The number of piperidine rings is 1. The number of aryl methyl sites for hydroxylation is 2. The van der Waals surface area contributed by atoms with Crippen molar-refractivity contribution in [2.45, 2.75) is 38.1 Å². The number of sulfonamides is 1. The normalized spacial score (nSPS) is 17.7. The fourth-order valence-electron chi connectivity index (χ4n) is 4.12. The van der Waals surface area contributed by atoms with E-state index in [1.165, 1.54) is 22.8 Å². The summed E-state index contributed by atoms with van der Waals surface area (Å²) in [5.74, 6) is -1.26. The number of thiazole rings is 1. The van der Waals surface area contributed by atoms with Gasteiger partial charge in [-0.2, -0.15) is 9.30 Å². The summed E-state index contributed by atoms with van der Waals surface area (Å²) in [6, 6.07) is 12.0. The third kappa shape index (κ3) is 4.70. The summed E-state index contributed by atoms with van der Waals surface area (Å²) in [6.45, 7) is 4.96. The molecule has 0 bridgehead atoms. The fraction of sp³-hybridized carbons (Fsp3) is 0.375. The molecule has 1 fully saturated rings. The van der Waals surface area contributed by atoms with E-state index in [0.29, 0.717) is 36.3 Å². The zero-order valence-corrected chi connectivity index (χ0v) is 21.0. The fourth-order valence-corrected chi connectivity index (χ4v) is 6.78. The summed E-state index contributed by atoms with van der Waals surface area (Å²) in [5.41, 5.74) is 2.29. The van der Waals surface area contributed by atoms with Crippen LogP contribution < -0.4 is 4.80 Å². The van der Waals surface area contributed by atoms with Crippen molar-refractivity contribution < 1.29 is 22.7 Å². The molecule has 0 N–H and O–H groups in total. The van der Waals surface area contributed by atoms with Crippen molar-refractivity contribution in [1.29, 1.82) is 0 Å². The van der Waals surface area contributed by atoms with E-state index in [-0.39, 0.29) is 17.3 Å². The van der Waals surface area contributed by atoms with Gasteiger partial charge in [-0.05, 0) is 57.0 Å². The molecule has 1 aromatic heterocycles. The van der Waals surface area contributed by atoms with E-state index in [9.17, 15) is 18.0 Å². The van der Waals surface area contributed by atoms with E-state index >= 15 is 0 Å². The van der Waals surface area contributed by atoms with Gasteiger partial charge in [0, 0.05) is 19.6 Å². The Morgan fingerprint density at radius 3 is 2.59 bits per heavy atom. The Kier molecular flexibility index (Phi) is 7.01. The van der Waals surface area contributed by atoms with Crippen LogP contribution in [0.5, 0.6) is 0 Å². The number of esters is 1. The largest absolute Gasteiger partial charge is 0.465 e. The molecule has 34 heavy (non-hydrogen) atoms. The first-order chi connectivity index (χ1) is 16.2. The zero-order chi connectivity index (χ0) is 24.5. The van der Waals surface area contributed by atoms with E-state index in [4.69, 9.17) is 4.74 Å². The Labute approximate surface area is 202 Å². The SMILES string of the molecule is CCn1c(=NC(=O)C2CCCN(S(=O)(=O)c3ccc(C)cc3)C2)sc2cc(C(=O)OC)ccc21. The van der Waals surface area contributed by atoms with Gasteiger partial charge in [-0.15, -0.1) is 0 Å². The Morgan fingerprint density at radius 2 is 1.91 bits per heavy atom. The molecule has 4 rings (SSSR count). The van der Waals surface area contributed by atoms with Crippen molar-refractivity contribution in [3.63, 3.8) is 0 Å². The number of amides is 1. The van der Waals surface area contributed by atoms with Crippen LogP contribution in [0.25, 0.3) is 10.2 Å². The number of carbonyl (C=O) groups excluding carboxylic acids is 2. The van der Waals surface area contributed by atoms with Gasteiger partial charge in [-0.3, -0.25) is 4.79 Å². The van der Waals surface area contributed by atoms with Crippen LogP contribution in [-0.2, 0) is 26.1 Å². The number of benzene rings is 2. The molecule has 0 radical (unpaired) electrons. The average Bonchev–Trinajstić information content (AvgIpc) is 3.19. The maximum Gasteiger partial charge on any atom is 0.337 e. The topological polar surface area (TPSA) is 98.0 Å².